The molecule has 0 saturated carbocycles. The van der Waals surface area contributed by atoms with Crippen LogP contribution >= 0.6 is 0 Å². The fourth-order valence-electron chi connectivity index (χ4n) is 1.00. The minimum Gasteiger partial charge on any atom is -0.330 e. The third-order valence-electron chi connectivity index (χ3n) is 1.67. The van der Waals surface area contributed by atoms with Crippen molar-refractivity contribution in [3.8, 4) is 0 Å². The SMILES string of the molecule is NCCCCCCCNNC=O. The van der Waals surface area contributed by atoms with E-state index < -0.39 is 0 Å². The van der Waals surface area contributed by atoms with Crippen LogP contribution in [0.2, 0.25) is 0 Å². The second-order valence-corrected chi connectivity index (χ2v) is 2.75. The molecule has 0 radical (unpaired) electrons. The van der Waals surface area contributed by atoms with Crippen LogP contribution in [0.1, 0.15) is 32.1 Å². The molecule has 0 spiro atoms. The lowest BCUT2D eigenvalue weighted by Crippen LogP contribution is -2.30. The topological polar surface area (TPSA) is 67.2 Å². The van der Waals surface area contributed by atoms with E-state index in [2.05, 4.69) is 10.9 Å². The molecule has 0 aromatic carbocycles. The summed E-state index contributed by atoms with van der Waals surface area (Å²) in [4.78, 5) is 9.79. The molecule has 4 N–H and O–H groups in total. The predicted octanol–water partition coefficient (Wildman–Crippen LogP) is 0.146. The van der Waals surface area contributed by atoms with Gasteiger partial charge in [0.1, 0.15) is 0 Å². The second-order valence-electron chi connectivity index (χ2n) is 2.75. The Kier molecular flexibility index (Phi) is 9.86. The average Bonchev–Trinajstić information content (AvgIpc) is 2.10. The lowest BCUT2D eigenvalue weighted by Gasteiger charge is -2.01. The second kappa shape index (κ2) is 10.4. The van der Waals surface area contributed by atoms with Crippen molar-refractivity contribution in [3.63, 3.8) is 0 Å². The first-order valence-electron chi connectivity index (χ1n) is 4.54. The van der Waals surface area contributed by atoms with Crippen molar-refractivity contribution in [1.82, 2.24) is 10.9 Å². The molecule has 1 amide bonds. The summed E-state index contributed by atoms with van der Waals surface area (Å²) in [6.45, 7) is 1.65. The van der Waals surface area contributed by atoms with Crippen LogP contribution in [0.5, 0.6) is 0 Å². The highest BCUT2D eigenvalue weighted by molar-refractivity contribution is 5.44. The molecule has 0 heterocycles. The number of carbonyl (C=O) groups is 1. The predicted molar refractivity (Wildman–Crippen MR) is 49.3 cm³/mol. The summed E-state index contributed by atoms with van der Waals surface area (Å²) in [6.07, 6.45) is 6.53. The number of hydrogen-bond donors (Lipinski definition) is 3. The summed E-state index contributed by atoms with van der Waals surface area (Å²) >= 11 is 0. The summed E-state index contributed by atoms with van der Waals surface area (Å²) in [5, 5.41) is 0. The van der Waals surface area contributed by atoms with Gasteiger partial charge in [-0.15, -0.1) is 0 Å². The molecule has 0 aliphatic heterocycles. The highest BCUT2D eigenvalue weighted by Gasteiger charge is 1.88. The van der Waals surface area contributed by atoms with E-state index in [1.807, 2.05) is 0 Å². The van der Waals surface area contributed by atoms with Gasteiger partial charge in [0.15, 0.2) is 0 Å². The average molecular weight is 173 g/mol. The summed E-state index contributed by atoms with van der Waals surface area (Å²) in [7, 11) is 0. The summed E-state index contributed by atoms with van der Waals surface area (Å²) < 4.78 is 0. The van der Waals surface area contributed by atoms with E-state index in [0.717, 1.165) is 25.9 Å². The van der Waals surface area contributed by atoms with Gasteiger partial charge in [-0.1, -0.05) is 19.3 Å². The van der Waals surface area contributed by atoms with Crippen molar-refractivity contribution in [2.45, 2.75) is 32.1 Å². The van der Waals surface area contributed by atoms with Crippen LogP contribution in [-0.2, 0) is 4.79 Å². The Bertz CT molecular complexity index is 98.3. The standard InChI is InChI=1S/C8H19N3O/c9-6-4-2-1-3-5-7-10-11-8-12/h8,10H,1-7,9H2,(H,11,12). The highest BCUT2D eigenvalue weighted by atomic mass is 16.1. The van der Waals surface area contributed by atoms with E-state index in [4.69, 9.17) is 5.73 Å². The molecule has 0 atom stereocenters. The van der Waals surface area contributed by atoms with E-state index in [-0.39, 0.29) is 0 Å². The van der Waals surface area contributed by atoms with Crippen LogP contribution in [0.3, 0.4) is 0 Å². The van der Waals surface area contributed by atoms with Crippen molar-refractivity contribution in [3.05, 3.63) is 0 Å². The molecular weight excluding hydrogens is 154 g/mol. The van der Waals surface area contributed by atoms with Gasteiger partial charge in [0.2, 0.25) is 6.41 Å². The molecule has 0 aromatic heterocycles. The maximum absolute atomic E-state index is 9.79. The van der Waals surface area contributed by atoms with E-state index >= 15 is 0 Å². The first-order valence-corrected chi connectivity index (χ1v) is 4.54. The largest absolute Gasteiger partial charge is 0.330 e. The molecule has 0 unspecified atom stereocenters. The minimum atomic E-state index is 0.647. The first-order chi connectivity index (χ1) is 5.91. The number of amides is 1. The molecule has 4 nitrogen and oxygen atoms in total. The van der Waals surface area contributed by atoms with Crippen molar-refractivity contribution in [2.24, 2.45) is 5.73 Å². The van der Waals surface area contributed by atoms with Gasteiger partial charge >= 0.3 is 0 Å². The number of rotatable bonds is 9. The van der Waals surface area contributed by atoms with Crippen LogP contribution in [-0.4, -0.2) is 19.5 Å². The van der Waals surface area contributed by atoms with Gasteiger partial charge in [0.05, 0.1) is 0 Å². The quantitative estimate of drug-likeness (QED) is 0.264. The zero-order valence-electron chi connectivity index (χ0n) is 7.51. The third kappa shape index (κ3) is 9.39. The van der Waals surface area contributed by atoms with Crippen molar-refractivity contribution in [2.75, 3.05) is 13.1 Å². The number of hydrogen-bond acceptors (Lipinski definition) is 3. The van der Waals surface area contributed by atoms with E-state index in [9.17, 15) is 4.79 Å². The number of nitrogens with one attached hydrogen (secondary N) is 2. The van der Waals surface area contributed by atoms with E-state index in [1.165, 1.54) is 19.3 Å². The summed E-state index contributed by atoms with van der Waals surface area (Å²) in [5.74, 6) is 0. The highest BCUT2D eigenvalue weighted by Crippen LogP contribution is 2.00. The van der Waals surface area contributed by atoms with Gasteiger partial charge in [0.25, 0.3) is 0 Å². The maximum atomic E-state index is 9.79. The Morgan fingerprint density at radius 3 is 2.42 bits per heavy atom. The molecule has 4 heteroatoms. The first kappa shape index (κ1) is 11.4. The van der Waals surface area contributed by atoms with Crippen molar-refractivity contribution >= 4 is 6.41 Å². The fraction of sp³-hybridized carbons (Fsp3) is 0.875. The Morgan fingerprint density at radius 1 is 1.08 bits per heavy atom. The molecule has 0 rings (SSSR count). The van der Waals surface area contributed by atoms with Crippen LogP contribution in [0.25, 0.3) is 0 Å². The smallest absolute Gasteiger partial charge is 0.221 e. The molecule has 0 aliphatic carbocycles. The molecule has 0 saturated heterocycles. The lowest BCUT2D eigenvalue weighted by atomic mass is 10.1. The Morgan fingerprint density at radius 2 is 1.75 bits per heavy atom. The number of hydrazine groups is 1. The van der Waals surface area contributed by atoms with Gasteiger partial charge < -0.3 is 5.73 Å². The monoisotopic (exact) mass is 173 g/mol. The van der Waals surface area contributed by atoms with Crippen molar-refractivity contribution < 1.29 is 4.79 Å². The van der Waals surface area contributed by atoms with Crippen LogP contribution in [0, 0.1) is 0 Å². The normalized spacial score (nSPS) is 9.75. The zero-order valence-corrected chi connectivity index (χ0v) is 7.51. The molecule has 72 valence electrons. The van der Waals surface area contributed by atoms with Crippen LogP contribution in [0.15, 0.2) is 0 Å². The van der Waals surface area contributed by atoms with Gasteiger partial charge in [-0.3, -0.25) is 10.2 Å². The van der Waals surface area contributed by atoms with Gasteiger partial charge in [-0.05, 0) is 19.4 Å². The number of unbranched alkanes of at least 4 members (excludes halogenated alkanes) is 4. The minimum absolute atomic E-state index is 0.647. The number of carbonyl (C=O) groups excluding carboxylic acids is 1. The zero-order chi connectivity index (χ0) is 9.07. The summed E-state index contributed by atoms with van der Waals surface area (Å²) in [5.41, 5.74) is 10.5. The van der Waals surface area contributed by atoms with Gasteiger partial charge in [-0.25, -0.2) is 5.43 Å². The Hall–Kier alpha value is -0.610. The molecule has 0 fully saturated rings. The van der Waals surface area contributed by atoms with Crippen LogP contribution < -0.4 is 16.6 Å². The number of nitrogens with two attached hydrogens (primary N) is 1. The van der Waals surface area contributed by atoms with E-state index in [1.54, 1.807) is 0 Å². The fourth-order valence-corrected chi connectivity index (χ4v) is 1.00. The molecule has 0 bridgehead atoms. The molecule has 12 heavy (non-hydrogen) atoms. The van der Waals surface area contributed by atoms with E-state index in [0.29, 0.717) is 6.41 Å². The molecule has 0 aromatic rings. The lowest BCUT2D eigenvalue weighted by molar-refractivity contribution is -0.110. The van der Waals surface area contributed by atoms with Crippen LogP contribution in [0.4, 0.5) is 0 Å². The Labute approximate surface area is 73.9 Å². The third-order valence-corrected chi connectivity index (χ3v) is 1.67. The molecule has 0 aliphatic rings. The summed E-state index contributed by atoms with van der Waals surface area (Å²) in [6, 6.07) is 0. The van der Waals surface area contributed by atoms with Gasteiger partial charge in [0, 0.05) is 6.54 Å². The molecular formula is C8H19N3O. The Balaban J connectivity index is 2.77. The van der Waals surface area contributed by atoms with Gasteiger partial charge in [-0.2, -0.15) is 0 Å². The van der Waals surface area contributed by atoms with Crippen molar-refractivity contribution in [1.29, 1.82) is 0 Å². The maximum Gasteiger partial charge on any atom is 0.221 e.